The summed E-state index contributed by atoms with van der Waals surface area (Å²) in [5.74, 6) is -0.249. The van der Waals surface area contributed by atoms with Crippen molar-refractivity contribution in [1.82, 2.24) is 15.5 Å². The van der Waals surface area contributed by atoms with Crippen molar-refractivity contribution in [2.24, 2.45) is 5.92 Å². The van der Waals surface area contributed by atoms with E-state index in [1.165, 1.54) is 0 Å². The second-order valence-corrected chi connectivity index (χ2v) is 23.5. The molecule has 0 aromatic heterocycles. The van der Waals surface area contributed by atoms with E-state index in [9.17, 15) is 19.5 Å². The fourth-order valence-electron chi connectivity index (χ4n) is 11.3. The van der Waals surface area contributed by atoms with Crippen LogP contribution in [0.3, 0.4) is 0 Å². The molecule has 1 spiro atoms. The highest BCUT2D eigenvalue weighted by molar-refractivity contribution is 6.91. The maximum absolute atomic E-state index is 15.7. The van der Waals surface area contributed by atoms with Crippen molar-refractivity contribution in [3.63, 3.8) is 0 Å². The first kappa shape index (κ1) is 43.8. The smallest absolute Gasteiger partial charge is 0.264 e. The number of hydrogen-bond donors (Lipinski definition) is 5. The predicted octanol–water partition coefficient (Wildman–Crippen LogP) is 5.17. The molecule has 7 atom stereocenters. The number of aliphatic hydroxyl groups is 1. The van der Waals surface area contributed by atoms with Crippen LogP contribution in [0.4, 0.5) is 17.1 Å². The third kappa shape index (κ3) is 8.04. The lowest BCUT2D eigenvalue weighted by Gasteiger charge is -2.39. The van der Waals surface area contributed by atoms with Gasteiger partial charge in [0, 0.05) is 29.4 Å². The van der Waals surface area contributed by atoms with Gasteiger partial charge in [0.2, 0.25) is 17.7 Å². The Labute approximate surface area is 376 Å². The third-order valence-corrected chi connectivity index (χ3v) is 19.0. The third-order valence-electron chi connectivity index (χ3n) is 14.7. The first-order valence-electron chi connectivity index (χ1n) is 22.8. The molecule has 0 radical (unpaired) electrons. The van der Waals surface area contributed by atoms with Gasteiger partial charge in [0.25, 0.3) is 5.91 Å². The van der Waals surface area contributed by atoms with Crippen molar-refractivity contribution in [3.05, 3.63) is 113 Å². The molecule has 5 aliphatic rings. The molecule has 13 nitrogen and oxygen atoms in total. The lowest BCUT2D eigenvalue weighted by atomic mass is 9.82. The second-order valence-electron chi connectivity index (χ2n) is 18.8. The number of nitrogens with zero attached hydrogens (tertiary/aromatic N) is 2. The van der Waals surface area contributed by atoms with Crippen LogP contribution in [-0.4, -0.2) is 92.7 Å². The summed E-state index contributed by atoms with van der Waals surface area (Å²) in [6.45, 7) is 8.66. The number of hydrogen-bond acceptors (Lipinski definition) is 9. The standard InChI is InChI=1S/C50H60N6O7Si/c1-31-46(64(3,4)39-19-17-38(62-2)18-20-39)44(27-45(58)55-29-34-12-6-5-11-33(34)25-37(55)30-57)63-50(31)40-26-36(54-48(60)42-15-9-23-52-42)16-21-43(40)56(49(50)61)28-32-10-7-13-35(24-32)53-47(59)41-14-8-22-51-41/h5-7,10-13,16-21,24,26,31,37,41-42,44,46,51-52,57H,8-9,14-15,22-23,25,27-30H2,1-4H3,(H,53,59)(H,54,60)/t31-,37+,41-,42-,44+,46-,50+/m1/s1. The average Bonchev–Trinajstić information content (AvgIpc) is 4.13. The molecule has 4 amide bonds. The number of carbonyl (C=O) groups is 4. The molecule has 5 N–H and O–H groups in total. The van der Waals surface area contributed by atoms with Crippen molar-refractivity contribution in [3.8, 4) is 5.75 Å². The van der Waals surface area contributed by atoms with Crippen LogP contribution in [0.15, 0.2) is 91.0 Å². The minimum atomic E-state index is -2.64. The van der Waals surface area contributed by atoms with Gasteiger partial charge in [0.15, 0.2) is 5.60 Å². The molecule has 0 bridgehead atoms. The monoisotopic (exact) mass is 884 g/mol. The maximum Gasteiger partial charge on any atom is 0.264 e. The van der Waals surface area contributed by atoms with Gasteiger partial charge in [-0.05, 0) is 110 Å². The molecule has 4 aromatic carbocycles. The van der Waals surface area contributed by atoms with E-state index < -0.39 is 25.7 Å². The minimum Gasteiger partial charge on any atom is -0.497 e. The van der Waals surface area contributed by atoms with Crippen molar-refractivity contribution >= 4 is 54.0 Å². The zero-order valence-electron chi connectivity index (χ0n) is 37.2. The first-order valence-corrected chi connectivity index (χ1v) is 25.9. The number of anilines is 3. The van der Waals surface area contributed by atoms with Gasteiger partial charge in [-0.2, -0.15) is 0 Å². The number of amides is 4. The van der Waals surface area contributed by atoms with Gasteiger partial charge in [-0.25, -0.2) is 0 Å². The summed E-state index contributed by atoms with van der Waals surface area (Å²) in [5, 5.41) is 24.5. The molecular formula is C50H60N6O7Si. The van der Waals surface area contributed by atoms with Crippen LogP contribution in [0.2, 0.25) is 18.6 Å². The molecule has 9 rings (SSSR count). The highest BCUT2D eigenvalue weighted by atomic mass is 28.3. The lowest BCUT2D eigenvalue weighted by molar-refractivity contribution is -0.151. The van der Waals surface area contributed by atoms with Gasteiger partial charge in [0.05, 0.1) is 64.7 Å². The molecule has 336 valence electrons. The topological polar surface area (TPSA) is 162 Å². The van der Waals surface area contributed by atoms with Crippen LogP contribution in [0.25, 0.3) is 0 Å². The fourth-order valence-corrected chi connectivity index (χ4v) is 15.3. The van der Waals surface area contributed by atoms with E-state index in [-0.39, 0.29) is 66.9 Å². The largest absolute Gasteiger partial charge is 0.497 e. The Balaban J connectivity index is 1.10. The van der Waals surface area contributed by atoms with Crippen molar-refractivity contribution in [2.75, 3.05) is 42.3 Å². The Morgan fingerprint density at radius 3 is 2.19 bits per heavy atom. The Morgan fingerprint density at radius 1 is 0.875 bits per heavy atom. The number of benzene rings is 4. The number of methoxy groups -OCH3 is 1. The molecule has 5 heterocycles. The van der Waals surface area contributed by atoms with E-state index >= 15 is 4.79 Å². The van der Waals surface area contributed by atoms with Gasteiger partial charge in [-0.3, -0.25) is 19.2 Å². The number of aliphatic hydroxyl groups excluding tert-OH is 1. The van der Waals surface area contributed by atoms with E-state index in [1.807, 2.05) is 72.8 Å². The summed E-state index contributed by atoms with van der Waals surface area (Å²) in [7, 11) is -0.992. The average molecular weight is 885 g/mol. The molecule has 4 aromatic rings. The molecule has 64 heavy (non-hydrogen) atoms. The summed E-state index contributed by atoms with van der Waals surface area (Å²) >= 11 is 0. The lowest BCUT2D eigenvalue weighted by Crippen LogP contribution is -2.52. The van der Waals surface area contributed by atoms with E-state index in [2.05, 4.69) is 59.5 Å². The van der Waals surface area contributed by atoms with Gasteiger partial charge >= 0.3 is 0 Å². The van der Waals surface area contributed by atoms with Crippen LogP contribution < -0.4 is 36.1 Å². The fraction of sp³-hybridized carbons (Fsp3) is 0.440. The Kier molecular flexibility index (Phi) is 12.3. The van der Waals surface area contributed by atoms with Crippen molar-refractivity contribution < 1.29 is 33.8 Å². The molecule has 0 saturated carbocycles. The zero-order valence-corrected chi connectivity index (χ0v) is 38.2. The molecule has 3 fully saturated rings. The normalized spacial score (nSPS) is 26.2. The van der Waals surface area contributed by atoms with Crippen LogP contribution in [0, 0.1) is 5.92 Å². The molecule has 14 heteroatoms. The Hall–Kier alpha value is -5.38. The van der Waals surface area contributed by atoms with Crippen LogP contribution in [0.1, 0.15) is 61.3 Å². The summed E-state index contributed by atoms with van der Waals surface area (Å²) in [6.07, 6.45) is 3.30. The first-order chi connectivity index (χ1) is 30.9. The highest BCUT2D eigenvalue weighted by Gasteiger charge is 2.66. The zero-order chi connectivity index (χ0) is 44.8. The molecule has 3 saturated heterocycles. The van der Waals surface area contributed by atoms with Crippen LogP contribution in [-0.2, 0) is 49.0 Å². The molecule has 0 unspecified atom stereocenters. The second kappa shape index (κ2) is 17.9. The summed E-state index contributed by atoms with van der Waals surface area (Å²) in [6, 6.07) is 28.5. The molecular weight excluding hydrogens is 825 g/mol. The number of ether oxygens (including phenoxy) is 2. The van der Waals surface area contributed by atoms with Crippen LogP contribution >= 0.6 is 0 Å². The number of nitrogens with one attached hydrogen (secondary N) is 4. The van der Waals surface area contributed by atoms with Crippen molar-refractivity contribution in [2.45, 2.75) is 107 Å². The van der Waals surface area contributed by atoms with Crippen LogP contribution in [0.5, 0.6) is 5.75 Å². The number of carbonyl (C=O) groups excluding carboxylic acids is 4. The quantitative estimate of drug-likeness (QED) is 0.121. The molecule has 5 aliphatic heterocycles. The van der Waals surface area contributed by atoms with E-state index in [4.69, 9.17) is 9.47 Å². The molecule has 0 aliphatic carbocycles. The summed E-state index contributed by atoms with van der Waals surface area (Å²) in [5.41, 5.74) is 3.80. The number of fused-ring (bicyclic) bond motifs is 3. The SMILES string of the molecule is COc1ccc([Si](C)(C)[C@H]2[C@H](CC(=O)N3Cc4ccccc4C[C@H]3CO)O[C@@]3(C(=O)N(Cc4cccc(NC(=O)[C@H]5CCCN5)c4)c4ccc(NC(=O)[C@H]5CCCN5)cc43)[C@@H]2C)cc1. The van der Waals surface area contributed by atoms with Gasteiger partial charge < -0.3 is 45.6 Å². The minimum absolute atomic E-state index is 0.0198. The summed E-state index contributed by atoms with van der Waals surface area (Å²) < 4.78 is 12.9. The Morgan fingerprint density at radius 2 is 1.55 bits per heavy atom. The number of rotatable bonds is 12. The Bertz CT molecular complexity index is 2420. The van der Waals surface area contributed by atoms with Gasteiger partial charge in [0.1, 0.15) is 5.75 Å². The van der Waals surface area contributed by atoms with Gasteiger partial charge in [-0.15, -0.1) is 0 Å². The predicted molar refractivity (Wildman–Crippen MR) is 249 cm³/mol. The van der Waals surface area contributed by atoms with E-state index in [0.717, 1.165) is 66.4 Å². The van der Waals surface area contributed by atoms with E-state index in [1.54, 1.807) is 16.9 Å². The van der Waals surface area contributed by atoms with Gasteiger partial charge in [-0.1, -0.05) is 73.7 Å². The van der Waals surface area contributed by atoms with E-state index in [0.29, 0.717) is 35.6 Å². The van der Waals surface area contributed by atoms with Crippen molar-refractivity contribution in [1.29, 1.82) is 0 Å². The highest BCUT2D eigenvalue weighted by Crippen LogP contribution is 2.60. The summed E-state index contributed by atoms with van der Waals surface area (Å²) in [4.78, 5) is 60.7. The maximum atomic E-state index is 15.7.